The number of ether oxygens (including phenoxy) is 1. The van der Waals surface area contributed by atoms with Crippen LogP contribution in [-0.4, -0.2) is 18.6 Å². The Morgan fingerprint density at radius 2 is 2.11 bits per heavy atom. The lowest BCUT2D eigenvalue weighted by Crippen LogP contribution is -2.41. The van der Waals surface area contributed by atoms with Gasteiger partial charge < -0.3 is 10.1 Å². The van der Waals surface area contributed by atoms with Crippen LogP contribution in [0, 0.1) is 5.92 Å². The van der Waals surface area contributed by atoms with Gasteiger partial charge in [-0.1, -0.05) is 24.4 Å². The highest BCUT2D eigenvalue weighted by Gasteiger charge is 2.28. The smallest absolute Gasteiger partial charge is 0.227 e. The van der Waals surface area contributed by atoms with Crippen molar-refractivity contribution in [2.75, 3.05) is 6.61 Å². The Labute approximate surface area is 118 Å². The molecule has 0 aromatic heterocycles. The average molecular weight is 280 g/mol. The molecule has 1 saturated carbocycles. The van der Waals surface area contributed by atoms with E-state index in [9.17, 15) is 4.79 Å². The monoisotopic (exact) mass is 279 g/mol. The maximum Gasteiger partial charge on any atom is 0.227 e. The van der Waals surface area contributed by atoms with Gasteiger partial charge in [0.15, 0.2) is 0 Å². The van der Waals surface area contributed by atoms with Crippen molar-refractivity contribution in [3.05, 3.63) is 28.8 Å². The van der Waals surface area contributed by atoms with Crippen LogP contribution in [0.4, 0.5) is 0 Å². The minimum absolute atomic E-state index is 0.0911. The molecule has 1 aromatic rings. The zero-order valence-electron chi connectivity index (χ0n) is 10.8. The molecule has 0 unspecified atom stereocenters. The largest absolute Gasteiger partial charge is 0.492 e. The number of halogens is 1. The summed E-state index contributed by atoms with van der Waals surface area (Å²) in [5.74, 6) is 0.887. The third kappa shape index (κ3) is 2.86. The number of rotatable bonds is 2. The summed E-state index contributed by atoms with van der Waals surface area (Å²) in [7, 11) is 0. The number of amides is 1. The van der Waals surface area contributed by atoms with E-state index in [1.807, 2.05) is 18.2 Å². The predicted molar refractivity (Wildman–Crippen MR) is 74.5 cm³/mol. The Hall–Kier alpha value is -1.22. The van der Waals surface area contributed by atoms with E-state index in [0.29, 0.717) is 24.1 Å². The highest BCUT2D eigenvalue weighted by atomic mass is 35.5. The highest BCUT2D eigenvalue weighted by molar-refractivity contribution is 6.30. The predicted octanol–water partition coefficient (Wildman–Crippen LogP) is 2.95. The molecule has 0 spiro atoms. The third-order valence-corrected chi connectivity index (χ3v) is 4.24. The van der Waals surface area contributed by atoms with E-state index >= 15 is 0 Å². The van der Waals surface area contributed by atoms with Crippen LogP contribution in [0.2, 0.25) is 5.02 Å². The summed E-state index contributed by atoms with van der Waals surface area (Å²) in [6, 6.07) is 5.96. The summed E-state index contributed by atoms with van der Waals surface area (Å²) in [5, 5.41) is 3.84. The molecule has 0 saturated heterocycles. The minimum atomic E-state index is -0.0911. The number of hydrogen-bond acceptors (Lipinski definition) is 2. The zero-order chi connectivity index (χ0) is 13.2. The number of benzene rings is 1. The van der Waals surface area contributed by atoms with Gasteiger partial charge in [-0.25, -0.2) is 0 Å². The van der Waals surface area contributed by atoms with E-state index in [4.69, 9.17) is 16.3 Å². The second-order valence-corrected chi connectivity index (χ2v) is 5.89. The zero-order valence-corrected chi connectivity index (χ0v) is 11.6. The van der Waals surface area contributed by atoms with Gasteiger partial charge in [-0.15, -0.1) is 0 Å². The van der Waals surface area contributed by atoms with E-state index in [-0.39, 0.29) is 11.8 Å². The summed E-state index contributed by atoms with van der Waals surface area (Å²) in [6.45, 7) is 0.465. The van der Waals surface area contributed by atoms with Crippen molar-refractivity contribution in [3.63, 3.8) is 0 Å². The standard InChI is InChI=1S/C15H18ClNO2/c16-12-5-6-14-10(8-12)7-11(9-19-14)15(18)17-13-3-1-2-4-13/h5-6,8,11,13H,1-4,7,9H2,(H,17,18)/t11-/m1/s1. The summed E-state index contributed by atoms with van der Waals surface area (Å²) in [5.41, 5.74) is 1.03. The minimum Gasteiger partial charge on any atom is -0.492 e. The molecule has 1 aliphatic carbocycles. The first-order valence-corrected chi connectivity index (χ1v) is 7.32. The van der Waals surface area contributed by atoms with Crippen molar-refractivity contribution in [2.45, 2.75) is 38.1 Å². The van der Waals surface area contributed by atoms with Crippen LogP contribution < -0.4 is 10.1 Å². The van der Waals surface area contributed by atoms with Crippen LogP contribution in [0.15, 0.2) is 18.2 Å². The van der Waals surface area contributed by atoms with E-state index in [1.54, 1.807) is 0 Å². The summed E-state index contributed by atoms with van der Waals surface area (Å²) >= 11 is 5.99. The number of carbonyl (C=O) groups excluding carboxylic acids is 1. The molecule has 3 nitrogen and oxygen atoms in total. The van der Waals surface area contributed by atoms with Gasteiger partial charge in [0.2, 0.25) is 5.91 Å². The first-order chi connectivity index (χ1) is 9.22. The Balaban J connectivity index is 1.65. The van der Waals surface area contributed by atoms with E-state index in [1.165, 1.54) is 12.8 Å². The molecule has 102 valence electrons. The normalized spacial score (nSPS) is 22.7. The second kappa shape index (κ2) is 5.41. The molecular formula is C15H18ClNO2. The van der Waals surface area contributed by atoms with Gasteiger partial charge in [0.25, 0.3) is 0 Å². The van der Waals surface area contributed by atoms with E-state index < -0.39 is 0 Å². The van der Waals surface area contributed by atoms with Gasteiger partial charge >= 0.3 is 0 Å². The quantitative estimate of drug-likeness (QED) is 0.904. The lowest BCUT2D eigenvalue weighted by molar-refractivity contribution is -0.127. The maximum absolute atomic E-state index is 12.2. The van der Waals surface area contributed by atoms with Crippen LogP contribution in [-0.2, 0) is 11.2 Å². The van der Waals surface area contributed by atoms with Crippen LogP contribution in [0.5, 0.6) is 5.75 Å². The van der Waals surface area contributed by atoms with Crippen molar-refractivity contribution in [1.82, 2.24) is 5.32 Å². The lowest BCUT2D eigenvalue weighted by atomic mass is 9.95. The molecule has 2 aliphatic rings. The molecule has 3 rings (SSSR count). The fraction of sp³-hybridized carbons (Fsp3) is 0.533. The molecule has 0 bridgehead atoms. The van der Waals surface area contributed by atoms with Gasteiger partial charge in [-0.3, -0.25) is 4.79 Å². The van der Waals surface area contributed by atoms with Gasteiger partial charge in [-0.05, 0) is 43.0 Å². The number of hydrogen-bond donors (Lipinski definition) is 1. The topological polar surface area (TPSA) is 38.3 Å². The molecule has 1 N–H and O–H groups in total. The van der Waals surface area contributed by atoms with Crippen molar-refractivity contribution in [3.8, 4) is 5.75 Å². The van der Waals surface area contributed by atoms with Crippen LogP contribution in [0.3, 0.4) is 0 Å². The van der Waals surface area contributed by atoms with Crippen LogP contribution >= 0.6 is 11.6 Å². The molecule has 1 heterocycles. The Bertz CT molecular complexity index is 483. The highest BCUT2D eigenvalue weighted by Crippen LogP contribution is 2.30. The molecule has 1 atom stereocenters. The SMILES string of the molecule is O=C(NC1CCCC1)[C@H]1COc2ccc(Cl)cc2C1. The molecule has 4 heteroatoms. The first-order valence-electron chi connectivity index (χ1n) is 6.94. The van der Waals surface area contributed by atoms with Crippen LogP contribution in [0.1, 0.15) is 31.2 Å². The van der Waals surface area contributed by atoms with E-state index in [0.717, 1.165) is 24.2 Å². The maximum atomic E-state index is 12.2. The Kier molecular flexibility index (Phi) is 3.65. The number of fused-ring (bicyclic) bond motifs is 1. The Morgan fingerprint density at radius 1 is 1.32 bits per heavy atom. The lowest BCUT2D eigenvalue weighted by Gasteiger charge is -2.26. The molecular weight excluding hydrogens is 262 g/mol. The molecule has 1 fully saturated rings. The average Bonchev–Trinajstić information content (AvgIpc) is 2.90. The molecule has 1 amide bonds. The Morgan fingerprint density at radius 3 is 2.89 bits per heavy atom. The van der Waals surface area contributed by atoms with Crippen molar-refractivity contribution in [2.24, 2.45) is 5.92 Å². The van der Waals surface area contributed by atoms with Gasteiger partial charge in [-0.2, -0.15) is 0 Å². The molecule has 1 aliphatic heterocycles. The van der Waals surface area contributed by atoms with Crippen molar-refractivity contribution >= 4 is 17.5 Å². The summed E-state index contributed by atoms with van der Waals surface area (Å²) in [4.78, 5) is 12.2. The third-order valence-electron chi connectivity index (χ3n) is 4.00. The van der Waals surface area contributed by atoms with Gasteiger partial charge in [0.1, 0.15) is 12.4 Å². The number of nitrogens with one attached hydrogen (secondary N) is 1. The number of carbonyl (C=O) groups is 1. The molecule has 1 aromatic carbocycles. The molecule has 19 heavy (non-hydrogen) atoms. The van der Waals surface area contributed by atoms with Crippen LogP contribution in [0.25, 0.3) is 0 Å². The van der Waals surface area contributed by atoms with Gasteiger partial charge in [0.05, 0.1) is 5.92 Å². The fourth-order valence-corrected chi connectivity index (χ4v) is 3.12. The van der Waals surface area contributed by atoms with Crippen molar-refractivity contribution < 1.29 is 9.53 Å². The van der Waals surface area contributed by atoms with Gasteiger partial charge in [0, 0.05) is 11.1 Å². The van der Waals surface area contributed by atoms with Crippen molar-refractivity contribution in [1.29, 1.82) is 0 Å². The first kappa shape index (κ1) is 12.8. The van der Waals surface area contributed by atoms with E-state index in [2.05, 4.69) is 5.32 Å². The second-order valence-electron chi connectivity index (χ2n) is 5.45. The molecule has 0 radical (unpaired) electrons. The summed E-state index contributed by atoms with van der Waals surface area (Å²) < 4.78 is 5.66. The fourth-order valence-electron chi connectivity index (χ4n) is 2.92. The summed E-state index contributed by atoms with van der Waals surface area (Å²) in [6.07, 6.45) is 5.40.